The van der Waals surface area contributed by atoms with Crippen molar-refractivity contribution in [2.75, 3.05) is 6.61 Å². The first-order valence-electron chi connectivity index (χ1n) is 9.35. The molecule has 0 aromatic heterocycles. The third-order valence-corrected chi connectivity index (χ3v) is 4.67. The molecule has 218 valence electrons. The number of hydrogen-bond acceptors (Lipinski definition) is 2. The standard InChI is InChI=1S/C19H11F17O2/c1-2-38-11(37)10-6-4-3-5-9(10)7-8-12(20,21)13(22,23)14(24,25)15(26,27)16(28,29)17(30,31)18(32,33)19(34,35)36/h3-8H,2H2,1H3/b8-7+. The van der Waals surface area contributed by atoms with Crippen molar-refractivity contribution >= 4 is 12.0 Å². The summed E-state index contributed by atoms with van der Waals surface area (Å²) in [7, 11) is 0. The lowest BCUT2D eigenvalue weighted by Gasteiger charge is -2.42. The zero-order chi connectivity index (χ0) is 30.4. The van der Waals surface area contributed by atoms with Gasteiger partial charge in [0, 0.05) is 0 Å². The van der Waals surface area contributed by atoms with Crippen LogP contribution in [-0.4, -0.2) is 60.2 Å². The van der Waals surface area contributed by atoms with Crippen LogP contribution in [0.2, 0.25) is 0 Å². The van der Waals surface area contributed by atoms with Gasteiger partial charge in [0.05, 0.1) is 12.2 Å². The predicted molar refractivity (Wildman–Crippen MR) is 92.1 cm³/mol. The molecule has 19 heteroatoms. The minimum Gasteiger partial charge on any atom is -0.462 e. The third kappa shape index (κ3) is 4.87. The molecule has 0 heterocycles. The highest BCUT2D eigenvalue weighted by Gasteiger charge is 2.95. The Morgan fingerprint density at radius 2 is 1.05 bits per heavy atom. The van der Waals surface area contributed by atoms with Gasteiger partial charge in [-0.05, 0) is 24.6 Å². The van der Waals surface area contributed by atoms with E-state index in [2.05, 4.69) is 4.74 Å². The average Bonchev–Trinajstić information content (AvgIpc) is 2.76. The Balaban J connectivity index is 3.62. The topological polar surface area (TPSA) is 26.3 Å². The van der Waals surface area contributed by atoms with E-state index in [0.717, 1.165) is 18.2 Å². The summed E-state index contributed by atoms with van der Waals surface area (Å²) in [5.41, 5.74) is -1.54. The Labute approximate surface area is 200 Å². The second-order valence-corrected chi connectivity index (χ2v) is 7.21. The number of halogens is 17. The van der Waals surface area contributed by atoms with Gasteiger partial charge in [-0.2, -0.15) is 74.6 Å². The van der Waals surface area contributed by atoms with Crippen molar-refractivity contribution in [2.24, 2.45) is 0 Å². The van der Waals surface area contributed by atoms with Crippen LogP contribution in [0, 0.1) is 0 Å². The summed E-state index contributed by atoms with van der Waals surface area (Å²) in [6.45, 7) is 0.913. The van der Waals surface area contributed by atoms with Crippen LogP contribution >= 0.6 is 0 Å². The van der Waals surface area contributed by atoms with E-state index in [4.69, 9.17) is 0 Å². The van der Waals surface area contributed by atoms with Gasteiger partial charge in [-0.1, -0.05) is 24.3 Å². The molecule has 0 bridgehead atoms. The fraction of sp³-hybridized carbons (Fsp3) is 0.526. The van der Waals surface area contributed by atoms with Gasteiger partial charge < -0.3 is 4.74 Å². The van der Waals surface area contributed by atoms with Crippen LogP contribution in [0.1, 0.15) is 22.8 Å². The molecule has 0 N–H and O–H groups in total. The Kier molecular flexibility index (Phi) is 8.55. The molecule has 0 aliphatic carbocycles. The average molecular weight is 594 g/mol. The summed E-state index contributed by atoms with van der Waals surface area (Å²) in [5.74, 6) is -58.4. The van der Waals surface area contributed by atoms with Gasteiger partial charge in [0.2, 0.25) is 0 Å². The molecule has 0 amide bonds. The lowest BCUT2D eigenvalue weighted by Crippen LogP contribution is -2.74. The van der Waals surface area contributed by atoms with Crippen LogP contribution in [0.15, 0.2) is 30.3 Å². The number of rotatable bonds is 10. The molecule has 0 radical (unpaired) electrons. The normalized spacial score (nSPS) is 15.2. The fourth-order valence-electron chi connectivity index (χ4n) is 2.51. The number of allylic oxidation sites excluding steroid dienone is 1. The molecule has 1 aromatic carbocycles. The number of carbonyl (C=O) groups is 1. The van der Waals surface area contributed by atoms with Gasteiger partial charge >= 0.3 is 53.6 Å². The molecule has 0 fully saturated rings. The largest absolute Gasteiger partial charge is 0.462 e. The molecule has 0 saturated carbocycles. The van der Waals surface area contributed by atoms with Crippen LogP contribution in [-0.2, 0) is 4.74 Å². The predicted octanol–water partition coefficient (Wildman–Crippen LogP) is 7.89. The second kappa shape index (κ2) is 9.77. The van der Waals surface area contributed by atoms with E-state index in [9.17, 15) is 79.4 Å². The highest BCUT2D eigenvalue weighted by atomic mass is 19.4. The Morgan fingerprint density at radius 1 is 0.658 bits per heavy atom. The van der Waals surface area contributed by atoms with E-state index < -0.39 is 70.8 Å². The van der Waals surface area contributed by atoms with E-state index in [1.807, 2.05) is 0 Å². The van der Waals surface area contributed by atoms with Crippen LogP contribution < -0.4 is 0 Å². The summed E-state index contributed by atoms with van der Waals surface area (Å²) in [5, 5.41) is 0. The maximum absolute atomic E-state index is 14.0. The van der Waals surface area contributed by atoms with E-state index in [1.54, 1.807) is 0 Å². The molecule has 1 rings (SSSR count). The second-order valence-electron chi connectivity index (χ2n) is 7.21. The highest BCUT2D eigenvalue weighted by molar-refractivity contribution is 5.93. The smallest absolute Gasteiger partial charge is 0.460 e. The summed E-state index contributed by atoms with van der Waals surface area (Å²) in [6, 6.07) is 3.47. The van der Waals surface area contributed by atoms with Gasteiger partial charge in [0.25, 0.3) is 0 Å². The molecule has 1 aromatic rings. The van der Waals surface area contributed by atoms with Gasteiger partial charge in [-0.25, -0.2) is 4.79 Å². The molecular formula is C19H11F17O2. The van der Waals surface area contributed by atoms with E-state index >= 15 is 0 Å². The molecule has 0 saturated heterocycles. The number of alkyl halides is 17. The highest BCUT2D eigenvalue weighted by Crippen LogP contribution is 2.64. The van der Waals surface area contributed by atoms with Crippen LogP contribution in [0.5, 0.6) is 0 Å². The van der Waals surface area contributed by atoms with Gasteiger partial charge in [-0.15, -0.1) is 0 Å². The molecule has 2 nitrogen and oxygen atoms in total. The number of carbonyl (C=O) groups excluding carboxylic acids is 1. The molecule has 0 unspecified atom stereocenters. The van der Waals surface area contributed by atoms with Crippen LogP contribution in [0.3, 0.4) is 0 Å². The Hall–Kier alpha value is -2.76. The van der Waals surface area contributed by atoms with E-state index in [-0.39, 0.29) is 12.7 Å². The Morgan fingerprint density at radius 3 is 1.47 bits per heavy atom. The summed E-state index contributed by atoms with van der Waals surface area (Å²) in [6.07, 6.45) is -9.46. The summed E-state index contributed by atoms with van der Waals surface area (Å²) >= 11 is 0. The molecule has 0 aliphatic heterocycles. The number of ether oxygens (including phenoxy) is 1. The zero-order valence-electron chi connectivity index (χ0n) is 17.9. The Bertz CT molecular complexity index is 1040. The first-order valence-corrected chi connectivity index (χ1v) is 9.35. The minimum atomic E-state index is -8.69. The van der Waals surface area contributed by atoms with Crippen molar-refractivity contribution in [1.82, 2.24) is 0 Å². The number of hydrogen-bond donors (Lipinski definition) is 0. The fourth-order valence-corrected chi connectivity index (χ4v) is 2.51. The monoisotopic (exact) mass is 594 g/mol. The molecule has 0 spiro atoms. The van der Waals surface area contributed by atoms with Crippen LogP contribution in [0.4, 0.5) is 74.6 Å². The van der Waals surface area contributed by atoms with Crippen molar-refractivity contribution in [3.05, 3.63) is 41.5 Å². The molecular weight excluding hydrogens is 583 g/mol. The summed E-state index contributed by atoms with van der Waals surface area (Å²) < 4.78 is 230. The maximum atomic E-state index is 14.0. The minimum absolute atomic E-state index is 0.293. The molecule has 0 aliphatic rings. The van der Waals surface area contributed by atoms with E-state index in [1.165, 1.54) is 6.92 Å². The lowest BCUT2D eigenvalue weighted by atomic mass is 9.88. The van der Waals surface area contributed by atoms with Crippen molar-refractivity contribution in [1.29, 1.82) is 0 Å². The molecule has 0 atom stereocenters. The van der Waals surface area contributed by atoms with Crippen molar-refractivity contribution < 1.29 is 84.2 Å². The summed E-state index contributed by atoms with van der Waals surface area (Å²) in [4.78, 5) is 11.7. The van der Waals surface area contributed by atoms with Gasteiger partial charge in [0.15, 0.2) is 0 Å². The van der Waals surface area contributed by atoms with Gasteiger partial charge in [0.1, 0.15) is 0 Å². The SMILES string of the molecule is CCOC(=O)c1ccccc1/C=C/C(F)(F)C(F)(F)C(F)(F)C(F)(F)C(F)(F)C(F)(F)C(F)(F)C(F)(F)F. The lowest BCUT2D eigenvalue weighted by molar-refractivity contribution is -0.459. The molecule has 38 heavy (non-hydrogen) atoms. The zero-order valence-corrected chi connectivity index (χ0v) is 17.9. The quantitative estimate of drug-likeness (QED) is 0.204. The van der Waals surface area contributed by atoms with Crippen molar-refractivity contribution in [2.45, 2.75) is 54.6 Å². The van der Waals surface area contributed by atoms with Gasteiger partial charge in [-0.3, -0.25) is 0 Å². The maximum Gasteiger partial charge on any atom is 0.460 e. The number of esters is 1. The van der Waals surface area contributed by atoms with Crippen LogP contribution in [0.25, 0.3) is 6.08 Å². The van der Waals surface area contributed by atoms with E-state index in [0.29, 0.717) is 6.07 Å². The first kappa shape index (κ1) is 33.3. The number of benzene rings is 1. The third-order valence-electron chi connectivity index (χ3n) is 4.67. The first-order chi connectivity index (χ1) is 16.7. The van der Waals surface area contributed by atoms with Crippen molar-refractivity contribution in [3.8, 4) is 0 Å². The van der Waals surface area contributed by atoms with Crippen molar-refractivity contribution in [3.63, 3.8) is 0 Å².